The number of nitrogens with zero attached hydrogens (tertiary/aromatic N) is 2. The van der Waals surface area contributed by atoms with Crippen LogP contribution in [0, 0.1) is 5.82 Å². The molecule has 0 aliphatic heterocycles. The third kappa shape index (κ3) is 3.07. The van der Waals surface area contributed by atoms with E-state index in [1.807, 2.05) is 6.07 Å². The number of carbonyl (C=O) groups is 1. The summed E-state index contributed by atoms with van der Waals surface area (Å²) in [6, 6.07) is 11.4. The van der Waals surface area contributed by atoms with Crippen molar-refractivity contribution < 1.29 is 9.18 Å². The third-order valence-corrected chi connectivity index (χ3v) is 6.26. The highest BCUT2D eigenvalue weighted by Gasteiger charge is 2.44. The van der Waals surface area contributed by atoms with E-state index in [4.69, 9.17) is 23.2 Å². The topological polar surface area (TPSA) is 59.0 Å². The summed E-state index contributed by atoms with van der Waals surface area (Å²) in [7, 11) is 0. The van der Waals surface area contributed by atoms with E-state index in [1.165, 1.54) is 6.07 Å². The van der Waals surface area contributed by atoms with E-state index >= 15 is 0 Å². The number of carbonyl (C=O) groups excluding carboxylic acids is 1. The summed E-state index contributed by atoms with van der Waals surface area (Å²) in [5.41, 5.74) is 8.48. The Morgan fingerprint density at radius 1 is 1.14 bits per heavy atom. The Morgan fingerprint density at radius 3 is 2.72 bits per heavy atom. The first kappa shape index (κ1) is 18.5. The molecule has 1 saturated carbocycles. The standard InChI is InChI=1S/C21H17Cl2FN4O/c22-13-7-8-17(14(23)10-13)28-20-12-6-5-11(9-12)18(20)19(27-28)21(29)26-25-16-4-2-1-3-15(16)24/h1-4,7-8,10-12,25H,5-6,9H2,(H,26,29)/t11-,12-/m0/s1. The van der Waals surface area contributed by atoms with Gasteiger partial charge in [-0.05, 0) is 55.5 Å². The van der Waals surface area contributed by atoms with Crippen LogP contribution >= 0.6 is 23.2 Å². The molecule has 1 heterocycles. The number of nitrogens with one attached hydrogen (secondary N) is 2. The summed E-state index contributed by atoms with van der Waals surface area (Å²) in [6.07, 6.45) is 3.13. The lowest BCUT2D eigenvalue weighted by atomic mass is 9.95. The lowest BCUT2D eigenvalue weighted by Crippen LogP contribution is -2.31. The van der Waals surface area contributed by atoms with Gasteiger partial charge in [-0.25, -0.2) is 9.07 Å². The Kier molecular flexibility index (Phi) is 4.48. The summed E-state index contributed by atoms with van der Waals surface area (Å²) in [5, 5.41) is 5.62. The Labute approximate surface area is 176 Å². The van der Waals surface area contributed by atoms with E-state index in [0.717, 1.165) is 30.5 Å². The Bertz CT molecular complexity index is 1130. The van der Waals surface area contributed by atoms with Crippen molar-refractivity contribution in [3.05, 3.63) is 75.3 Å². The van der Waals surface area contributed by atoms with E-state index in [2.05, 4.69) is 16.0 Å². The van der Waals surface area contributed by atoms with Gasteiger partial charge in [0.25, 0.3) is 5.91 Å². The molecule has 0 unspecified atom stereocenters. The molecule has 3 aromatic rings. The average molecular weight is 431 g/mol. The van der Waals surface area contributed by atoms with Gasteiger partial charge in [0.05, 0.1) is 22.1 Å². The SMILES string of the molecule is O=C(NNc1ccccc1F)c1nn(-c2ccc(Cl)cc2Cl)c2c1[C@H]1CC[C@H]2C1. The predicted octanol–water partition coefficient (Wildman–Crippen LogP) is 5.44. The van der Waals surface area contributed by atoms with E-state index in [-0.39, 0.29) is 5.69 Å². The molecule has 5 rings (SSSR count). The molecule has 5 nitrogen and oxygen atoms in total. The quantitative estimate of drug-likeness (QED) is 0.541. The van der Waals surface area contributed by atoms with E-state index in [9.17, 15) is 9.18 Å². The van der Waals surface area contributed by atoms with Crippen LogP contribution in [0.3, 0.4) is 0 Å². The number of hydrogen-bond acceptors (Lipinski definition) is 3. The van der Waals surface area contributed by atoms with Gasteiger partial charge < -0.3 is 0 Å². The Balaban J connectivity index is 1.52. The van der Waals surface area contributed by atoms with Crippen LogP contribution in [-0.2, 0) is 0 Å². The van der Waals surface area contributed by atoms with Crippen LogP contribution in [0.15, 0.2) is 42.5 Å². The van der Waals surface area contributed by atoms with Gasteiger partial charge in [-0.3, -0.25) is 15.6 Å². The zero-order chi connectivity index (χ0) is 20.1. The fourth-order valence-electron chi connectivity index (χ4n) is 4.48. The second kappa shape index (κ2) is 7.04. The Hall–Kier alpha value is -2.57. The number of hydrazine groups is 1. The second-order valence-electron chi connectivity index (χ2n) is 7.42. The molecule has 29 heavy (non-hydrogen) atoms. The second-order valence-corrected chi connectivity index (χ2v) is 8.26. The zero-order valence-corrected chi connectivity index (χ0v) is 16.8. The van der Waals surface area contributed by atoms with Crippen LogP contribution < -0.4 is 10.9 Å². The smallest absolute Gasteiger partial charge is 0.290 e. The maximum Gasteiger partial charge on any atom is 0.290 e. The van der Waals surface area contributed by atoms with Gasteiger partial charge in [-0.2, -0.15) is 5.10 Å². The molecule has 2 aromatic carbocycles. The number of hydrogen-bond donors (Lipinski definition) is 2. The van der Waals surface area contributed by atoms with E-state index < -0.39 is 11.7 Å². The highest BCUT2D eigenvalue weighted by atomic mass is 35.5. The summed E-state index contributed by atoms with van der Waals surface area (Å²) >= 11 is 12.5. The fraction of sp³-hybridized carbons (Fsp3) is 0.238. The van der Waals surface area contributed by atoms with Crippen LogP contribution in [0.4, 0.5) is 10.1 Å². The molecule has 2 N–H and O–H groups in total. The molecule has 2 aliphatic rings. The summed E-state index contributed by atoms with van der Waals surface area (Å²) < 4.78 is 15.6. The molecular formula is C21H17Cl2FN4O. The van der Waals surface area contributed by atoms with Gasteiger partial charge >= 0.3 is 0 Å². The van der Waals surface area contributed by atoms with Crippen molar-refractivity contribution in [2.75, 3.05) is 5.43 Å². The molecule has 2 aliphatic carbocycles. The molecule has 2 atom stereocenters. The maximum absolute atomic E-state index is 13.8. The summed E-state index contributed by atoms with van der Waals surface area (Å²) in [4.78, 5) is 12.9. The first-order chi connectivity index (χ1) is 14.0. The molecule has 1 fully saturated rings. The van der Waals surface area contributed by atoms with Crippen molar-refractivity contribution in [2.24, 2.45) is 0 Å². The monoisotopic (exact) mass is 430 g/mol. The van der Waals surface area contributed by atoms with Crippen LogP contribution in [0.25, 0.3) is 5.69 Å². The molecule has 1 amide bonds. The molecular weight excluding hydrogens is 414 g/mol. The molecule has 0 saturated heterocycles. The number of amides is 1. The summed E-state index contributed by atoms with van der Waals surface area (Å²) in [6.45, 7) is 0. The predicted molar refractivity (Wildman–Crippen MR) is 110 cm³/mol. The van der Waals surface area contributed by atoms with E-state index in [1.54, 1.807) is 35.0 Å². The van der Waals surface area contributed by atoms with Crippen molar-refractivity contribution in [1.82, 2.24) is 15.2 Å². The van der Waals surface area contributed by atoms with Crippen molar-refractivity contribution in [2.45, 2.75) is 31.1 Å². The van der Waals surface area contributed by atoms with Crippen LogP contribution in [-0.4, -0.2) is 15.7 Å². The van der Waals surface area contributed by atoms with Crippen molar-refractivity contribution in [3.63, 3.8) is 0 Å². The fourth-order valence-corrected chi connectivity index (χ4v) is 4.97. The van der Waals surface area contributed by atoms with Gasteiger partial charge in [-0.1, -0.05) is 35.3 Å². The largest absolute Gasteiger partial charge is 0.295 e. The molecule has 8 heteroatoms. The van der Waals surface area contributed by atoms with Crippen molar-refractivity contribution >= 4 is 34.8 Å². The third-order valence-electron chi connectivity index (χ3n) is 5.72. The first-order valence-electron chi connectivity index (χ1n) is 9.42. The lowest BCUT2D eigenvalue weighted by molar-refractivity contribution is 0.0956. The molecule has 1 aromatic heterocycles. The number of fused-ring (bicyclic) bond motifs is 5. The molecule has 2 bridgehead atoms. The number of para-hydroxylation sites is 1. The van der Waals surface area contributed by atoms with Gasteiger partial charge in [0, 0.05) is 16.5 Å². The number of aromatic nitrogens is 2. The maximum atomic E-state index is 13.8. The van der Waals surface area contributed by atoms with Crippen LogP contribution in [0.2, 0.25) is 10.0 Å². The number of halogens is 3. The molecule has 148 valence electrons. The highest BCUT2D eigenvalue weighted by Crippen LogP contribution is 2.54. The van der Waals surface area contributed by atoms with E-state index in [0.29, 0.717) is 33.3 Å². The first-order valence-corrected chi connectivity index (χ1v) is 10.2. The minimum absolute atomic E-state index is 0.194. The van der Waals surface area contributed by atoms with Gasteiger partial charge in [0.1, 0.15) is 5.82 Å². The van der Waals surface area contributed by atoms with Gasteiger partial charge in [0.15, 0.2) is 5.69 Å². The molecule has 0 radical (unpaired) electrons. The van der Waals surface area contributed by atoms with Gasteiger partial charge in [-0.15, -0.1) is 0 Å². The number of benzene rings is 2. The Morgan fingerprint density at radius 2 is 1.93 bits per heavy atom. The normalized spacial score (nSPS) is 19.3. The lowest BCUT2D eigenvalue weighted by Gasteiger charge is -2.15. The molecule has 0 spiro atoms. The van der Waals surface area contributed by atoms with Crippen LogP contribution in [0.5, 0.6) is 0 Å². The minimum Gasteiger partial charge on any atom is -0.295 e. The van der Waals surface area contributed by atoms with Crippen molar-refractivity contribution in [3.8, 4) is 5.69 Å². The van der Waals surface area contributed by atoms with Gasteiger partial charge in [0.2, 0.25) is 0 Å². The van der Waals surface area contributed by atoms with Crippen LogP contribution in [0.1, 0.15) is 52.8 Å². The summed E-state index contributed by atoms with van der Waals surface area (Å²) in [5.74, 6) is -0.184. The zero-order valence-electron chi connectivity index (χ0n) is 15.3. The van der Waals surface area contributed by atoms with Crippen molar-refractivity contribution in [1.29, 1.82) is 0 Å². The average Bonchev–Trinajstić information content (AvgIpc) is 3.40. The number of rotatable bonds is 4. The highest BCUT2D eigenvalue weighted by molar-refractivity contribution is 6.35. The minimum atomic E-state index is -0.449. The number of anilines is 1.